The maximum absolute atomic E-state index is 13.7. The highest BCUT2D eigenvalue weighted by atomic mass is 32.1. The Hall–Kier alpha value is -4.43. The van der Waals surface area contributed by atoms with Gasteiger partial charge in [-0.05, 0) is 68.3 Å². The molecular weight excluding hydrogens is 510 g/mol. The maximum Gasteiger partial charge on any atom is 0.262 e. The number of anilines is 1. The predicted molar refractivity (Wildman–Crippen MR) is 155 cm³/mol. The van der Waals surface area contributed by atoms with Crippen LogP contribution < -0.4 is 20.3 Å². The number of hydrogen-bond donors (Lipinski definition) is 1. The second-order valence-corrected chi connectivity index (χ2v) is 10.2. The highest BCUT2D eigenvalue weighted by Gasteiger charge is 2.19. The SMILES string of the molecule is CCc1sc(NC(=O)c2cc3cc(OC)ccc3oc2=Nc2cccc(OC)c2)nc1-c1cc(C)ccc1C. The summed E-state index contributed by atoms with van der Waals surface area (Å²) in [5.74, 6) is 0.947. The predicted octanol–water partition coefficient (Wildman–Crippen LogP) is 7.24. The molecule has 0 spiro atoms. The first-order valence-corrected chi connectivity index (χ1v) is 13.4. The van der Waals surface area contributed by atoms with Crippen molar-refractivity contribution in [3.05, 3.63) is 93.9 Å². The van der Waals surface area contributed by atoms with E-state index in [0.717, 1.165) is 33.7 Å². The van der Waals surface area contributed by atoms with Gasteiger partial charge in [0.25, 0.3) is 5.91 Å². The summed E-state index contributed by atoms with van der Waals surface area (Å²) < 4.78 is 16.8. The van der Waals surface area contributed by atoms with Crippen LogP contribution in [0.25, 0.3) is 22.2 Å². The zero-order valence-electron chi connectivity index (χ0n) is 22.5. The van der Waals surface area contributed by atoms with Crippen LogP contribution in [-0.4, -0.2) is 25.1 Å². The van der Waals surface area contributed by atoms with E-state index in [9.17, 15) is 4.79 Å². The van der Waals surface area contributed by atoms with Crippen LogP contribution in [0, 0.1) is 13.8 Å². The molecule has 0 aliphatic carbocycles. The zero-order chi connectivity index (χ0) is 27.5. The molecule has 0 saturated carbocycles. The number of carbonyl (C=O) groups excluding carboxylic acids is 1. The first-order valence-electron chi connectivity index (χ1n) is 12.6. The second kappa shape index (κ2) is 11.1. The third kappa shape index (κ3) is 5.56. The first kappa shape index (κ1) is 26.2. The van der Waals surface area contributed by atoms with E-state index in [1.165, 1.54) is 11.3 Å². The molecule has 198 valence electrons. The minimum Gasteiger partial charge on any atom is -0.497 e. The van der Waals surface area contributed by atoms with E-state index >= 15 is 0 Å². The maximum atomic E-state index is 13.7. The molecular formula is C31H29N3O4S. The quantitative estimate of drug-likeness (QED) is 0.236. The van der Waals surface area contributed by atoms with E-state index in [0.29, 0.717) is 33.3 Å². The molecule has 0 aliphatic heterocycles. The van der Waals surface area contributed by atoms with Crippen LogP contribution in [0.5, 0.6) is 11.5 Å². The van der Waals surface area contributed by atoms with Crippen molar-refractivity contribution in [3.8, 4) is 22.8 Å². The van der Waals surface area contributed by atoms with Gasteiger partial charge in [0.05, 0.1) is 25.6 Å². The Morgan fingerprint density at radius 2 is 1.79 bits per heavy atom. The van der Waals surface area contributed by atoms with Gasteiger partial charge in [0.2, 0.25) is 5.55 Å². The van der Waals surface area contributed by atoms with Gasteiger partial charge in [-0.2, -0.15) is 0 Å². The van der Waals surface area contributed by atoms with E-state index in [4.69, 9.17) is 18.9 Å². The number of benzene rings is 3. The molecule has 3 aromatic carbocycles. The largest absolute Gasteiger partial charge is 0.497 e. The second-order valence-electron chi connectivity index (χ2n) is 9.10. The van der Waals surface area contributed by atoms with Crippen molar-refractivity contribution in [2.45, 2.75) is 27.2 Å². The Kier molecular flexibility index (Phi) is 7.47. The van der Waals surface area contributed by atoms with Crippen LogP contribution in [0.4, 0.5) is 10.8 Å². The summed E-state index contributed by atoms with van der Waals surface area (Å²) in [6.07, 6.45) is 0.803. The Bertz CT molecular complexity index is 1750. The first-order chi connectivity index (χ1) is 18.9. The van der Waals surface area contributed by atoms with Crippen LogP contribution in [0.1, 0.15) is 33.3 Å². The van der Waals surface area contributed by atoms with Crippen molar-refractivity contribution in [3.63, 3.8) is 0 Å². The van der Waals surface area contributed by atoms with Crippen LogP contribution in [0.15, 0.2) is 76.1 Å². The molecule has 5 aromatic rings. The number of thiazole rings is 1. The Balaban J connectivity index is 1.59. The molecule has 0 aliphatic rings. The number of nitrogens with zero attached hydrogens (tertiary/aromatic N) is 2. The number of fused-ring (bicyclic) bond motifs is 1. The molecule has 7 nitrogen and oxygen atoms in total. The van der Waals surface area contributed by atoms with Gasteiger partial charge in [-0.15, -0.1) is 11.3 Å². The lowest BCUT2D eigenvalue weighted by Gasteiger charge is -2.07. The number of aromatic nitrogens is 1. The number of aryl methyl sites for hydroxylation is 3. The summed E-state index contributed by atoms with van der Waals surface area (Å²) in [7, 11) is 3.19. The van der Waals surface area contributed by atoms with Crippen molar-refractivity contribution in [2.75, 3.05) is 19.5 Å². The molecule has 2 heterocycles. The van der Waals surface area contributed by atoms with Gasteiger partial charge in [-0.1, -0.05) is 30.7 Å². The minimum absolute atomic E-state index is 0.181. The molecule has 8 heteroatoms. The van der Waals surface area contributed by atoms with Crippen molar-refractivity contribution < 1.29 is 18.7 Å². The van der Waals surface area contributed by atoms with Crippen LogP contribution >= 0.6 is 11.3 Å². The molecule has 1 N–H and O–H groups in total. The topological polar surface area (TPSA) is 86.0 Å². The Labute approximate surface area is 230 Å². The molecule has 0 fully saturated rings. The van der Waals surface area contributed by atoms with Gasteiger partial charge in [-0.25, -0.2) is 9.98 Å². The Morgan fingerprint density at radius 3 is 2.56 bits per heavy atom. The van der Waals surface area contributed by atoms with Gasteiger partial charge < -0.3 is 13.9 Å². The summed E-state index contributed by atoms with van der Waals surface area (Å²) >= 11 is 1.48. The van der Waals surface area contributed by atoms with E-state index in [-0.39, 0.29) is 17.0 Å². The standard InChI is InChI=1S/C31H29N3O4S/c1-6-27-28(24-14-18(2)10-11-19(24)3)33-31(39-27)34-29(35)25-16-20-15-23(37-5)12-13-26(20)38-30(25)32-21-8-7-9-22(17-21)36-4/h7-17H,6H2,1-5H3,(H,33,34,35). The van der Waals surface area contributed by atoms with Gasteiger partial charge in [0.15, 0.2) is 5.13 Å². The molecule has 5 rings (SSSR count). The molecule has 2 aromatic heterocycles. The van der Waals surface area contributed by atoms with Crippen molar-refractivity contribution in [2.24, 2.45) is 4.99 Å². The number of ether oxygens (including phenoxy) is 2. The third-order valence-electron chi connectivity index (χ3n) is 6.37. The lowest BCUT2D eigenvalue weighted by atomic mass is 10.0. The molecule has 0 bridgehead atoms. The molecule has 0 saturated heterocycles. The van der Waals surface area contributed by atoms with Gasteiger partial charge in [0, 0.05) is 21.9 Å². The van der Waals surface area contributed by atoms with Gasteiger partial charge in [-0.3, -0.25) is 10.1 Å². The number of nitrogens with one attached hydrogen (secondary N) is 1. The molecule has 0 radical (unpaired) electrons. The number of hydrogen-bond acceptors (Lipinski definition) is 7. The highest BCUT2D eigenvalue weighted by molar-refractivity contribution is 7.16. The van der Waals surface area contributed by atoms with E-state index in [1.54, 1.807) is 38.5 Å². The Morgan fingerprint density at radius 1 is 1.00 bits per heavy atom. The average Bonchev–Trinajstić information content (AvgIpc) is 3.36. The highest BCUT2D eigenvalue weighted by Crippen LogP contribution is 2.34. The number of amides is 1. The summed E-state index contributed by atoms with van der Waals surface area (Å²) in [5.41, 5.74) is 5.90. The fourth-order valence-corrected chi connectivity index (χ4v) is 5.20. The molecule has 1 amide bonds. The van der Waals surface area contributed by atoms with Crippen LogP contribution in [0.2, 0.25) is 0 Å². The molecule has 39 heavy (non-hydrogen) atoms. The summed E-state index contributed by atoms with van der Waals surface area (Å²) in [4.78, 5) is 24.3. The van der Waals surface area contributed by atoms with E-state index < -0.39 is 0 Å². The fourth-order valence-electron chi connectivity index (χ4n) is 4.29. The van der Waals surface area contributed by atoms with E-state index in [1.807, 2.05) is 24.3 Å². The summed E-state index contributed by atoms with van der Waals surface area (Å²) in [6.45, 7) is 6.23. The summed E-state index contributed by atoms with van der Waals surface area (Å²) in [5, 5.41) is 4.23. The zero-order valence-corrected chi connectivity index (χ0v) is 23.3. The lowest BCUT2D eigenvalue weighted by molar-refractivity contribution is 0.102. The normalized spacial score (nSPS) is 11.6. The van der Waals surface area contributed by atoms with Crippen molar-refractivity contribution in [1.82, 2.24) is 4.98 Å². The number of carbonyl (C=O) groups is 1. The van der Waals surface area contributed by atoms with Crippen molar-refractivity contribution >= 4 is 39.0 Å². The average molecular weight is 540 g/mol. The van der Waals surface area contributed by atoms with Crippen LogP contribution in [0.3, 0.4) is 0 Å². The van der Waals surface area contributed by atoms with Crippen LogP contribution in [-0.2, 0) is 6.42 Å². The summed E-state index contributed by atoms with van der Waals surface area (Å²) in [6, 6.07) is 20.8. The third-order valence-corrected chi connectivity index (χ3v) is 7.48. The minimum atomic E-state index is -0.367. The van der Waals surface area contributed by atoms with E-state index in [2.05, 4.69) is 49.3 Å². The monoisotopic (exact) mass is 539 g/mol. The van der Waals surface area contributed by atoms with Crippen molar-refractivity contribution in [1.29, 1.82) is 0 Å². The van der Waals surface area contributed by atoms with Gasteiger partial charge in [0.1, 0.15) is 22.6 Å². The fraction of sp³-hybridized carbons (Fsp3) is 0.194. The molecule has 0 unspecified atom stereocenters. The number of rotatable bonds is 7. The van der Waals surface area contributed by atoms with Gasteiger partial charge >= 0.3 is 0 Å². The lowest BCUT2D eigenvalue weighted by Crippen LogP contribution is -2.21. The smallest absolute Gasteiger partial charge is 0.262 e. The molecule has 0 atom stereocenters. The number of methoxy groups -OCH3 is 2.